The van der Waals surface area contributed by atoms with Gasteiger partial charge in [-0.1, -0.05) is 30.3 Å². The summed E-state index contributed by atoms with van der Waals surface area (Å²) in [6.45, 7) is 2.28. The van der Waals surface area contributed by atoms with E-state index in [0.29, 0.717) is 6.54 Å². The van der Waals surface area contributed by atoms with Crippen molar-refractivity contribution in [3.63, 3.8) is 0 Å². The Kier molecular flexibility index (Phi) is 5.74. The number of rotatable bonds is 6. The second-order valence-corrected chi connectivity index (χ2v) is 5.35. The summed E-state index contributed by atoms with van der Waals surface area (Å²) >= 11 is 0. The van der Waals surface area contributed by atoms with Gasteiger partial charge in [-0.3, -0.25) is 9.59 Å². The average Bonchev–Trinajstić information content (AvgIpc) is 2.54. The maximum atomic E-state index is 12.1. The largest absolute Gasteiger partial charge is 0.376 e. The van der Waals surface area contributed by atoms with Gasteiger partial charge in [0.05, 0.1) is 6.54 Å². The summed E-state index contributed by atoms with van der Waals surface area (Å²) in [6, 6.07) is 17.1. The van der Waals surface area contributed by atoms with Crippen molar-refractivity contribution in [3.05, 3.63) is 60.2 Å². The molecule has 120 valence electrons. The number of benzene rings is 2. The van der Waals surface area contributed by atoms with E-state index in [1.54, 1.807) is 24.1 Å². The molecule has 0 bridgehead atoms. The van der Waals surface area contributed by atoms with E-state index in [1.165, 1.54) is 6.92 Å². The molecule has 0 spiro atoms. The fourth-order valence-electron chi connectivity index (χ4n) is 2.13. The number of carbonyl (C=O) groups is 2. The predicted octanol–water partition coefficient (Wildman–Crippen LogP) is 2.72. The highest BCUT2D eigenvalue weighted by Crippen LogP contribution is 2.13. The van der Waals surface area contributed by atoms with E-state index in [-0.39, 0.29) is 18.4 Å². The molecule has 0 saturated heterocycles. The van der Waals surface area contributed by atoms with Crippen LogP contribution in [0.25, 0.3) is 0 Å². The van der Waals surface area contributed by atoms with E-state index in [9.17, 15) is 9.59 Å². The van der Waals surface area contributed by atoms with Gasteiger partial charge in [-0.15, -0.1) is 0 Å². The Morgan fingerprint density at radius 1 is 0.957 bits per heavy atom. The molecular weight excluding hydrogens is 290 g/mol. The van der Waals surface area contributed by atoms with Crippen LogP contribution < -0.4 is 10.6 Å². The maximum Gasteiger partial charge on any atom is 0.241 e. The summed E-state index contributed by atoms with van der Waals surface area (Å²) in [5, 5.41) is 5.79. The molecule has 0 fully saturated rings. The highest BCUT2D eigenvalue weighted by Gasteiger charge is 2.08. The summed E-state index contributed by atoms with van der Waals surface area (Å²) in [5.74, 6) is -0.0942. The van der Waals surface area contributed by atoms with Crippen molar-refractivity contribution in [2.45, 2.75) is 13.5 Å². The van der Waals surface area contributed by atoms with Gasteiger partial charge in [-0.25, -0.2) is 0 Å². The molecule has 5 nitrogen and oxygen atoms in total. The molecule has 5 heteroatoms. The van der Waals surface area contributed by atoms with Crippen molar-refractivity contribution in [3.8, 4) is 0 Å². The molecular formula is C18H21N3O2. The molecule has 0 unspecified atom stereocenters. The number of hydrogen-bond acceptors (Lipinski definition) is 3. The molecule has 2 aromatic rings. The average molecular weight is 311 g/mol. The lowest BCUT2D eigenvalue weighted by atomic mass is 10.2. The third-order valence-corrected chi connectivity index (χ3v) is 3.34. The number of nitrogens with one attached hydrogen (secondary N) is 2. The van der Waals surface area contributed by atoms with E-state index in [1.807, 2.05) is 42.5 Å². The number of nitrogens with zero attached hydrogens (tertiary/aromatic N) is 1. The number of anilines is 2. The minimum absolute atomic E-state index is 0.0137. The van der Waals surface area contributed by atoms with E-state index in [0.717, 1.165) is 16.9 Å². The van der Waals surface area contributed by atoms with Gasteiger partial charge < -0.3 is 15.5 Å². The van der Waals surface area contributed by atoms with Crippen LogP contribution in [0, 0.1) is 0 Å². The van der Waals surface area contributed by atoms with E-state index in [4.69, 9.17) is 0 Å². The first kappa shape index (κ1) is 16.5. The summed E-state index contributed by atoms with van der Waals surface area (Å²) in [5.41, 5.74) is 2.67. The Balaban J connectivity index is 1.82. The normalized spacial score (nSPS) is 10.0. The fourth-order valence-corrected chi connectivity index (χ4v) is 2.13. The van der Waals surface area contributed by atoms with Crippen LogP contribution in [0.1, 0.15) is 12.5 Å². The van der Waals surface area contributed by atoms with Crippen LogP contribution in [0.4, 0.5) is 11.4 Å². The molecule has 0 aromatic heterocycles. The highest BCUT2D eigenvalue weighted by atomic mass is 16.2. The van der Waals surface area contributed by atoms with Crippen LogP contribution in [0.3, 0.4) is 0 Å². The molecule has 2 rings (SSSR count). The maximum absolute atomic E-state index is 12.1. The molecule has 0 radical (unpaired) electrons. The molecule has 2 aromatic carbocycles. The first-order chi connectivity index (χ1) is 11.0. The van der Waals surface area contributed by atoms with Gasteiger partial charge >= 0.3 is 0 Å². The lowest BCUT2D eigenvalue weighted by Crippen LogP contribution is -2.31. The van der Waals surface area contributed by atoms with Gasteiger partial charge in [-0.05, 0) is 29.8 Å². The smallest absolute Gasteiger partial charge is 0.241 e. The third-order valence-electron chi connectivity index (χ3n) is 3.34. The van der Waals surface area contributed by atoms with Gasteiger partial charge in [0.1, 0.15) is 0 Å². The number of carbonyl (C=O) groups excluding carboxylic acids is 2. The van der Waals surface area contributed by atoms with Crippen molar-refractivity contribution in [2.75, 3.05) is 24.2 Å². The SMILES string of the molecule is CC(=O)Nc1ccc(NCC(=O)N(C)Cc2ccccc2)cc1. The van der Waals surface area contributed by atoms with E-state index < -0.39 is 0 Å². The summed E-state index contributed by atoms with van der Waals surface area (Å²) in [7, 11) is 1.79. The van der Waals surface area contributed by atoms with Crippen molar-refractivity contribution >= 4 is 23.2 Å². The quantitative estimate of drug-likeness (QED) is 0.862. The Morgan fingerprint density at radius 3 is 2.17 bits per heavy atom. The van der Waals surface area contributed by atoms with Crippen LogP contribution in [-0.4, -0.2) is 30.3 Å². The van der Waals surface area contributed by atoms with Gasteiger partial charge in [-0.2, -0.15) is 0 Å². The van der Waals surface area contributed by atoms with Crippen molar-refractivity contribution in [1.82, 2.24) is 4.90 Å². The number of hydrogen-bond donors (Lipinski definition) is 2. The molecule has 2 amide bonds. The molecule has 0 atom stereocenters. The lowest BCUT2D eigenvalue weighted by molar-refractivity contribution is -0.128. The second kappa shape index (κ2) is 7.98. The molecule has 0 heterocycles. The zero-order chi connectivity index (χ0) is 16.7. The number of likely N-dealkylation sites (N-methyl/N-ethyl adjacent to an activating group) is 1. The highest BCUT2D eigenvalue weighted by molar-refractivity contribution is 5.88. The molecule has 23 heavy (non-hydrogen) atoms. The van der Waals surface area contributed by atoms with Gasteiger partial charge in [0, 0.05) is 31.9 Å². The van der Waals surface area contributed by atoms with E-state index in [2.05, 4.69) is 10.6 Å². The molecule has 0 aliphatic carbocycles. The van der Waals surface area contributed by atoms with Gasteiger partial charge in [0.2, 0.25) is 11.8 Å². The molecule has 0 aliphatic heterocycles. The first-order valence-electron chi connectivity index (χ1n) is 7.44. The zero-order valence-corrected chi connectivity index (χ0v) is 13.4. The Labute approximate surface area is 136 Å². The Hall–Kier alpha value is -2.82. The lowest BCUT2D eigenvalue weighted by Gasteiger charge is -2.18. The Morgan fingerprint density at radius 2 is 1.57 bits per heavy atom. The monoisotopic (exact) mass is 311 g/mol. The van der Waals surface area contributed by atoms with Crippen LogP contribution in [0.5, 0.6) is 0 Å². The zero-order valence-electron chi connectivity index (χ0n) is 13.4. The van der Waals surface area contributed by atoms with E-state index >= 15 is 0 Å². The van der Waals surface area contributed by atoms with Gasteiger partial charge in [0.15, 0.2) is 0 Å². The molecule has 2 N–H and O–H groups in total. The predicted molar refractivity (Wildman–Crippen MR) is 92.2 cm³/mol. The van der Waals surface area contributed by atoms with Crippen LogP contribution in [-0.2, 0) is 16.1 Å². The van der Waals surface area contributed by atoms with Crippen molar-refractivity contribution in [2.24, 2.45) is 0 Å². The summed E-state index contributed by atoms with van der Waals surface area (Å²) in [6.07, 6.45) is 0. The van der Waals surface area contributed by atoms with Crippen molar-refractivity contribution in [1.29, 1.82) is 0 Å². The van der Waals surface area contributed by atoms with Crippen LogP contribution in [0.2, 0.25) is 0 Å². The topological polar surface area (TPSA) is 61.4 Å². The summed E-state index contributed by atoms with van der Waals surface area (Å²) < 4.78 is 0. The fraction of sp³-hybridized carbons (Fsp3) is 0.222. The minimum Gasteiger partial charge on any atom is -0.376 e. The standard InChI is InChI=1S/C18H21N3O2/c1-14(22)20-17-10-8-16(9-11-17)19-12-18(23)21(2)13-15-6-4-3-5-7-15/h3-11,19H,12-13H2,1-2H3,(H,20,22). The van der Waals surface area contributed by atoms with Crippen molar-refractivity contribution < 1.29 is 9.59 Å². The minimum atomic E-state index is -0.108. The molecule has 0 saturated carbocycles. The van der Waals surface area contributed by atoms with Gasteiger partial charge in [0.25, 0.3) is 0 Å². The third kappa shape index (κ3) is 5.47. The van der Waals surface area contributed by atoms with Crippen LogP contribution in [0.15, 0.2) is 54.6 Å². The van der Waals surface area contributed by atoms with Crippen LogP contribution >= 0.6 is 0 Å². The first-order valence-corrected chi connectivity index (χ1v) is 7.44. The second-order valence-electron chi connectivity index (χ2n) is 5.35. The Bertz CT molecular complexity index is 654. The summed E-state index contributed by atoms with van der Waals surface area (Å²) in [4.78, 5) is 24.8. The number of amides is 2. The molecule has 0 aliphatic rings.